The fourth-order valence-electron chi connectivity index (χ4n) is 3.78. The molecule has 3 heteroatoms. The molecule has 2 N–H and O–H groups in total. The minimum Gasteiger partial charge on any atom is -0.329 e. The van der Waals surface area contributed by atoms with E-state index in [0.29, 0.717) is 0 Å². The summed E-state index contributed by atoms with van der Waals surface area (Å²) >= 11 is 0. The van der Waals surface area contributed by atoms with Gasteiger partial charge >= 0.3 is 0 Å². The molecule has 0 aromatic carbocycles. The second-order valence-electron chi connectivity index (χ2n) is 6.66. The zero-order valence-corrected chi connectivity index (χ0v) is 13.0. The van der Waals surface area contributed by atoms with E-state index in [0.717, 1.165) is 12.5 Å². The van der Waals surface area contributed by atoms with Gasteiger partial charge in [0.05, 0.1) is 0 Å². The topological polar surface area (TPSA) is 32.5 Å². The first-order valence-electron chi connectivity index (χ1n) is 8.41. The van der Waals surface area contributed by atoms with Crippen molar-refractivity contribution in [1.82, 2.24) is 9.80 Å². The average Bonchev–Trinajstić information content (AvgIpc) is 3.23. The minimum atomic E-state index is 0.287. The highest BCUT2D eigenvalue weighted by Gasteiger charge is 2.36. The third-order valence-electron chi connectivity index (χ3n) is 5.07. The van der Waals surface area contributed by atoms with Gasteiger partial charge in [0.15, 0.2) is 0 Å². The van der Waals surface area contributed by atoms with E-state index in [1.807, 2.05) is 0 Å². The van der Waals surface area contributed by atoms with Crippen molar-refractivity contribution in [3.05, 3.63) is 0 Å². The van der Waals surface area contributed by atoms with Crippen LogP contribution in [0.5, 0.6) is 0 Å². The van der Waals surface area contributed by atoms with E-state index in [9.17, 15) is 0 Å². The fourth-order valence-corrected chi connectivity index (χ4v) is 3.78. The molecule has 2 fully saturated rings. The molecule has 1 saturated carbocycles. The summed E-state index contributed by atoms with van der Waals surface area (Å²) < 4.78 is 0. The summed E-state index contributed by atoms with van der Waals surface area (Å²) in [6, 6.07) is 0. The molecule has 0 amide bonds. The third kappa shape index (κ3) is 3.93. The van der Waals surface area contributed by atoms with E-state index >= 15 is 0 Å². The van der Waals surface area contributed by atoms with E-state index in [4.69, 9.17) is 5.73 Å². The first kappa shape index (κ1) is 15.3. The van der Waals surface area contributed by atoms with Gasteiger partial charge in [-0.1, -0.05) is 26.7 Å². The molecule has 0 radical (unpaired) electrons. The van der Waals surface area contributed by atoms with E-state index in [2.05, 4.69) is 23.6 Å². The van der Waals surface area contributed by atoms with Crippen LogP contribution in [0.1, 0.15) is 52.4 Å². The van der Waals surface area contributed by atoms with Gasteiger partial charge in [0, 0.05) is 44.8 Å². The van der Waals surface area contributed by atoms with Crippen molar-refractivity contribution in [1.29, 1.82) is 0 Å². The van der Waals surface area contributed by atoms with Gasteiger partial charge in [-0.3, -0.25) is 4.90 Å². The number of hydrogen-bond acceptors (Lipinski definition) is 3. The van der Waals surface area contributed by atoms with Crippen molar-refractivity contribution in [3.63, 3.8) is 0 Å². The Morgan fingerprint density at radius 3 is 2.00 bits per heavy atom. The molecule has 3 nitrogen and oxygen atoms in total. The van der Waals surface area contributed by atoms with Crippen LogP contribution in [0.25, 0.3) is 0 Å². The van der Waals surface area contributed by atoms with Crippen molar-refractivity contribution in [3.8, 4) is 0 Å². The first-order chi connectivity index (χ1) is 9.24. The predicted octanol–water partition coefficient (Wildman–Crippen LogP) is 2.31. The highest BCUT2D eigenvalue weighted by atomic mass is 15.3. The Morgan fingerprint density at radius 2 is 1.58 bits per heavy atom. The van der Waals surface area contributed by atoms with Gasteiger partial charge in [-0.15, -0.1) is 0 Å². The van der Waals surface area contributed by atoms with Gasteiger partial charge in [-0.2, -0.15) is 0 Å². The first-order valence-corrected chi connectivity index (χ1v) is 8.41. The Morgan fingerprint density at radius 1 is 1.00 bits per heavy atom. The molecule has 2 aliphatic rings. The third-order valence-corrected chi connectivity index (χ3v) is 5.07. The van der Waals surface area contributed by atoms with Crippen LogP contribution in [0.4, 0.5) is 0 Å². The SMILES string of the molecule is CCCC(CN)(CCC)N1CCN(CC2CC2)CC1. The van der Waals surface area contributed by atoms with Gasteiger partial charge in [-0.25, -0.2) is 0 Å². The van der Waals surface area contributed by atoms with Crippen molar-refractivity contribution < 1.29 is 0 Å². The van der Waals surface area contributed by atoms with Gasteiger partial charge in [0.2, 0.25) is 0 Å². The van der Waals surface area contributed by atoms with Crippen LogP contribution in [0.2, 0.25) is 0 Å². The lowest BCUT2D eigenvalue weighted by molar-refractivity contribution is 0.0228. The molecule has 1 aliphatic heterocycles. The summed E-state index contributed by atoms with van der Waals surface area (Å²) in [5, 5.41) is 0. The van der Waals surface area contributed by atoms with Crippen molar-refractivity contribution in [2.45, 2.75) is 57.9 Å². The fraction of sp³-hybridized carbons (Fsp3) is 1.00. The summed E-state index contributed by atoms with van der Waals surface area (Å²) in [7, 11) is 0. The summed E-state index contributed by atoms with van der Waals surface area (Å²) in [5.74, 6) is 1.03. The zero-order valence-electron chi connectivity index (χ0n) is 13.0. The number of nitrogens with zero attached hydrogens (tertiary/aromatic N) is 2. The molecular formula is C16H33N3. The largest absolute Gasteiger partial charge is 0.329 e. The second-order valence-corrected chi connectivity index (χ2v) is 6.66. The van der Waals surface area contributed by atoms with Crippen LogP contribution in [0, 0.1) is 5.92 Å². The van der Waals surface area contributed by atoms with Crippen LogP contribution < -0.4 is 5.73 Å². The maximum absolute atomic E-state index is 6.18. The minimum absolute atomic E-state index is 0.287. The van der Waals surface area contributed by atoms with Crippen LogP contribution in [-0.4, -0.2) is 54.6 Å². The summed E-state index contributed by atoms with van der Waals surface area (Å²) in [4.78, 5) is 5.39. The molecule has 1 heterocycles. The molecule has 19 heavy (non-hydrogen) atoms. The molecule has 0 aromatic rings. The highest BCUT2D eigenvalue weighted by Crippen LogP contribution is 2.31. The van der Waals surface area contributed by atoms with Crippen LogP contribution in [-0.2, 0) is 0 Å². The standard InChI is InChI=1S/C16H33N3/c1-3-7-16(14-17,8-4-2)19-11-9-18(10-12-19)13-15-5-6-15/h15H,3-14,17H2,1-2H3. The second kappa shape index (κ2) is 7.05. The van der Waals surface area contributed by atoms with E-state index in [1.165, 1.54) is 71.2 Å². The van der Waals surface area contributed by atoms with E-state index < -0.39 is 0 Å². The molecule has 0 spiro atoms. The number of rotatable bonds is 8. The van der Waals surface area contributed by atoms with Crippen LogP contribution in [0.15, 0.2) is 0 Å². The van der Waals surface area contributed by atoms with Gasteiger partial charge < -0.3 is 10.6 Å². The molecule has 0 bridgehead atoms. The van der Waals surface area contributed by atoms with Gasteiger partial charge in [0.25, 0.3) is 0 Å². The summed E-state index contributed by atoms with van der Waals surface area (Å²) in [6.07, 6.45) is 7.97. The van der Waals surface area contributed by atoms with Gasteiger partial charge in [0.1, 0.15) is 0 Å². The number of nitrogens with two attached hydrogens (primary N) is 1. The smallest absolute Gasteiger partial charge is 0.0332 e. The molecule has 112 valence electrons. The lowest BCUT2D eigenvalue weighted by Gasteiger charge is -2.48. The molecule has 1 aliphatic carbocycles. The lowest BCUT2D eigenvalue weighted by atomic mass is 9.86. The average molecular weight is 267 g/mol. The van der Waals surface area contributed by atoms with Crippen LogP contribution >= 0.6 is 0 Å². The van der Waals surface area contributed by atoms with Crippen molar-refractivity contribution in [2.24, 2.45) is 11.7 Å². The Kier molecular flexibility index (Phi) is 5.67. The van der Waals surface area contributed by atoms with Crippen LogP contribution in [0.3, 0.4) is 0 Å². The zero-order chi connectivity index (χ0) is 13.7. The quantitative estimate of drug-likeness (QED) is 0.732. The van der Waals surface area contributed by atoms with Crippen molar-refractivity contribution >= 4 is 0 Å². The maximum Gasteiger partial charge on any atom is 0.0332 e. The molecule has 0 atom stereocenters. The van der Waals surface area contributed by atoms with E-state index in [-0.39, 0.29) is 5.54 Å². The molecule has 0 aromatic heterocycles. The van der Waals surface area contributed by atoms with Crippen molar-refractivity contribution in [2.75, 3.05) is 39.3 Å². The van der Waals surface area contributed by atoms with E-state index in [1.54, 1.807) is 0 Å². The molecule has 2 rings (SSSR count). The van der Waals surface area contributed by atoms with Gasteiger partial charge in [-0.05, 0) is 31.6 Å². The summed E-state index contributed by atoms with van der Waals surface area (Å²) in [6.45, 7) is 11.7. The predicted molar refractivity (Wildman–Crippen MR) is 82.3 cm³/mol. The molecular weight excluding hydrogens is 234 g/mol. The monoisotopic (exact) mass is 267 g/mol. The molecule has 0 unspecified atom stereocenters. The Labute approximate surface area is 119 Å². The molecule has 1 saturated heterocycles. The number of hydrogen-bond donors (Lipinski definition) is 1. The normalized spacial score (nSPS) is 22.9. The Hall–Kier alpha value is -0.120. The summed E-state index contributed by atoms with van der Waals surface area (Å²) in [5.41, 5.74) is 6.47. The Balaban J connectivity index is 1.87. The maximum atomic E-state index is 6.18. The highest BCUT2D eigenvalue weighted by molar-refractivity contribution is 4.94. The Bertz CT molecular complexity index is 249. The number of piperazine rings is 1. The lowest BCUT2D eigenvalue weighted by Crippen LogP contribution is -2.60.